The monoisotopic (exact) mass is 370 g/mol. The second-order valence-electron chi connectivity index (χ2n) is 7.27. The van der Waals surface area contributed by atoms with Crippen molar-refractivity contribution in [2.75, 3.05) is 33.4 Å². The van der Waals surface area contributed by atoms with Gasteiger partial charge >= 0.3 is 10.3 Å². The Morgan fingerprint density at radius 1 is 1.32 bits per heavy atom. The molecule has 2 atom stereocenters. The van der Waals surface area contributed by atoms with Crippen molar-refractivity contribution < 1.29 is 22.4 Å². The number of fused-ring (bicyclic) bond motifs is 1. The molecule has 7 nitrogen and oxygen atoms in total. The molecule has 2 unspecified atom stereocenters. The molecule has 1 fully saturated rings. The Hall–Kier alpha value is -1.19. The lowest BCUT2D eigenvalue weighted by molar-refractivity contribution is -0.0612. The van der Waals surface area contributed by atoms with Gasteiger partial charge in [-0.25, -0.2) is 0 Å². The van der Waals surface area contributed by atoms with Crippen LogP contribution in [0, 0.1) is 0 Å². The predicted molar refractivity (Wildman–Crippen MR) is 94.0 cm³/mol. The van der Waals surface area contributed by atoms with E-state index in [0.29, 0.717) is 13.2 Å². The van der Waals surface area contributed by atoms with E-state index in [-0.39, 0.29) is 11.6 Å². The minimum Gasteiger partial charge on any atom is -0.474 e. The van der Waals surface area contributed by atoms with Gasteiger partial charge in [0.15, 0.2) is 6.23 Å². The molecule has 0 aromatic heterocycles. The summed E-state index contributed by atoms with van der Waals surface area (Å²) in [6.07, 6.45) is -0.0729. The number of benzene rings is 1. The van der Waals surface area contributed by atoms with Crippen molar-refractivity contribution in [3.8, 4) is 5.75 Å². The molecule has 0 amide bonds. The maximum atomic E-state index is 11.4. The summed E-state index contributed by atoms with van der Waals surface area (Å²) in [6.45, 7) is 9.09. The molecule has 0 saturated carbocycles. The topological polar surface area (TPSA) is 79.3 Å². The summed E-state index contributed by atoms with van der Waals surface area (Å²) < 4.78 is 44.7. The summed E-state index contributed by atoms with van der Waals surface area (Å²) in [5.41, 5.74) is 1.63. The maximum absolute atomic E-state index is 11.4. The van der Waals surface area contributed by atoms with Crippen molar-refractivity contribution in [3.63, 3.8) is 0 Å². The van der Waals surface area contributed by atoms with Crippen molar-refractivity contribution in [2.24, 2.45) is 0 Å². The molecule has 0 spiro atoms. The van der Waals surface area contributed by atoms with E-state index in [1.165, 1.54) is 7.05 Å². The van der Waals surface area contributed by atoms with Crippen LogP contribution in [0.3, 0.4) is 0 Å². The average Bonchev–Trinajstić information content (AvgIpc) is 2.84. The first kappa shape index (κ1) is 18.6. The smallest absolute Gasteiger partial charge is 0.336 e. The summed E-state index contributed by atoms with van der Waals surface area (Å²) in [6, 6.07) is 5.25. The zero-order valence-electron chi connectivity index (χ0n) is 15.1. The van der Waals surface area contributed by atoms with Gasteiger partial charge in [-0.2, -0.15) is 12.7 Å². The highest BCUT2D eigenvalue weighted by molar-refractivity contribution is 7.83. The number of morpholine rings is 1. The largest absolute Gasteiger partial charge is 0.474 e. The summed E-state index contributed by atoms with van der Waals surface area (Å²) in [4.78, 5) is 2.29. The summed E-state index contributed by atoms with van der Waals surface area (Å²) in [7, 11) is -2.87. The van der Waals surface area contributed by atoms with Crippen molar-refractivity contribution in [1.29, 1.82) is 0 Å². The number of ether oxygens (including phenoxy) is 2. The van der Waals surface area contributed by atoms with E-state index in [4.69, 9.17) is 9.47 Å². The minimum atomic E-state index is -4.24. The molecule has 2 aliphatic rings. The third-order valence-electron chi connectivity index (χ3n) is 5.32. The molecule has 0 bridgehead atoms. The Bertz CT molecular complexity index is 743. The van der Waals surface area contributed by atoms with Crippen LogP contribution in [0.2, 0.25) is 0 Å². The lowest BCUT2D eigenvalue weighted by atomic mass is 9.82. The average molecular weight is 370 g/mol. The van der Waals surface area contributed by atoms with Gasteiger partial charge in [0.25, 0.3) is 0 Å². The van der Waals surface area contributed by atoms with E-state index in [1.807, 2.05) is 18.2 Å². The SMILES string of the molecule is CC(c1ccc2c(c1)C(C)(C)C(N1CCOCC1)O2)N(C)S(=O)(=O)O. The third kappa shape index (κ3) is 3.41. The van der Waals surface area contributed by atoms with Crippen molar-refractivity contribution >= 4 is 10.3 Å². The third-order valence-corrected chi connectivity index (χ3v) is 6.37. The maximum Gasteiger partial charge on any atom is 0.336 e. The Balaban J connectivity index is 1.89. The molecule has 25 heavy (non-hydrogen) atoms. The molecule has 140 valence electrons. The van der Waals surface area contributed by atoms with Crippen LogP contribution in [0.5, 0.6) is 5.75 Å². The number of hydrogen-bond donors (Lipinski definition) is 1. The highest BCUT2D eigenvalue weighted by Crippen LogP contribution is 2.45. The van der Waals surface area contributed by atoms with Crippen LogP contribution in [0.15, 0.2) is 18.2 Å². The molecule has 8 heteroatoms. The van der Waals surface area contributed by atoms with Gasteiger partial charge < -0.3 is 9.47 Å². The molecule has 0 radical (unpaired) electrons. The zero-order chi connectivity index (χ0) is 18.4. The van der Waals surface area contributed by atoms with Crippen LogP contribution in [0.1, 0.15) is 37.9 Å². The summed E-state index contributed by atoms with van der Waals surface area (Å²) in [5, 5.41) is 0. The summed E-state index contributed by atoms with van der Waals surface area (Å²) >= 11 is 0. The van der Waals surface area contributed by atoms with Crippen molar-refractivity contribution in [3.05, 3.63) is 29.3 Å². The highest BCUT2D eigenvalue weighted by Gasteiger charge is 2.45. The number of rotatable bonds is 4. The fourth-order valence-corrected chi connectivity index (χ4v) is 4.09. The van der Waals surface area contributed by atoms with Gasteiger partial charge in [-0.15, -0.1) is 0 Å². The molecule has 1 N–H and O–H groups in total. The van der Waals surface area contributed by atoms with E-state index in [1.54, 1.807) is 6.92 Å². The highest BCUT2D eigenvalue weighted by atomic mass is 32.2. The quantitative estimate of drug-likeness (QED) is 0.815. The van der Waals surface area contributed by atoms with Crippen LogP contribution >= 0.6 is 0 Å². The first-order valence-electron chi connectivity index (χ1n) is 8.45. The lowest BCUT2D eigenvalue weighted by Gasteiger charge is -2.38. The van der Waals surface area contributed by atoms with E-state index >= 15 is 0 Å². The van der Waals surface area contributed by atoms with Crippen molar-refractivity contribution in [2.45, 2.75) is 38.5 Å². The molecule has 3 rings (SSSR count). The normalized spacial score (nSPS) is 24.8. The van der Waals surface area contributed by atoms with Gasteiger partial charge in [-0.05, 0) is 24.6 Å². The zero-order valence-corrected chi connectivity index (χ0v) is 15.9. The van der Waals surface area contributed by atoms with Crippen molar-refractivity contribution in [1.82, 2.24) is 9.21 Å². The van der Waals surface area contributed by atoms with E-state index in [2.05, 4.69) is 18.7 Å². The molecule has 1 aromatic rings. The molecule has 2 aliphatic heterocycles. The van der Waals surface area contributed by atoms with E-state index in [9.17, 15) is 13.0 Å². The lowest BCUT2D eigenvalue weighted by Crippen LogP contribution is -2.52. The second-order valence-corrected chi connectivity index (χ2v) is 8.74. The molecule has 1 saturated heterocycles. The van der Waals surface area contributed by atoms with Gasteiger partial charge in [-0.3, -0.25) is 9.45 Å². The standard InChI is InChI=1S/C17H26N2O5S/c1-12(18(4)25(20,21)22)13-5-6-15-14(11-13)17(2,3)16(24-15)19-7-9-23-10-8-19/h5-6,11-12,16H,7-10H2,1-4H3,(H,20,21,22). The van der Waals surface area contributed by atoms with E-state index in [0.717, 1.165) is 34.3 Å². The van der Waals surface area contributed by atoms with E-state index < -0.39 is 16.3 Å². The van der Waals surface area contributed by atoms with Gasteiger partial charge in [-0.1, -0.05) is 19.9 Å². The van der Waals surface area contributed by atoms with Gasteiger partial charge in [0.1, 0.15) is 5.75 Å². The first-order valence-corrected chi connectivity index (χ1v) is 9.85. The fraction of sp³-hybridized carbons (Fsp3) is 0.647. The Morgan fingerprint density at radius 3 is 2.56 bits per heavy atom. The summed E-state index contributed by atoms with van der Waals surface area (Å²) in [5.74, 6) is 0.826. The Labute approximate surface area is 149 Å². The van der Waals surface area contributed by atoms with Crippen LogP contribution in [0.25, 0.3) is 0 Å². The first-order chi connectivity index (χ1) is 11.6. The molecule has 2 heterocycles. The van der Waals surface area contributed by atoms with Gasteiger partial charge in [0, 0.05) is 37.2 Å². The second kappa shape index (κ2) is 6.51. The van der Waals surface area contributed by atoms with Crippen LogP contribution in [-0.2, 0) is 20.5 Å². The van der Waals surface area contributed by atoms with Crippen LogP contribution < -0.4 is 4.74 Å². The van der Waals surface area contributed by atoms with Crippen LogP contribution in [0.4, 0.5) is 0 Å². The molecule has 1 aromatic carbocycles. The van der Waals surface area contributed by atoms with Gasteiger partial charge in [0.2, 0.25) is 0 Å². The number of hydrogen-bond acceptors (Lipinski definition) is 5. The minimum absolute atomic E-state index is 0.0729. The number of nitrogens with zero attached hydrogens (tertiary/aromatic N) is 2. The van der Waals surface area contributed by atoms with Crippen LogP contribution in [-0.4, -0.2) is 61.8 Å². The fourth-order valence-electron chi connectivity index (χ4n) is 3.57. The predicted octanol–water partition coefficient (Wildman–Crippen LogP) is 1.81. The molecule has 0 aliphatic carbocycles. The van der Waals surface area contributed by atoms with Gasteiger partial charge in [0.05, 0.1) is 13.2 Å². The Morgan fingerprint density at radius 2 is 1.96 bits per heavy atom. The Kier molecular flexibility index (Phi) is 4.85. The molecular weight excluding hydrogens is 344 g/mol. The molecular formula is C17H26N2O5S.